The molecule has 0 bridgehead atoms. The highest BCUT2D eigenvalue weighted by Gasteiger charge is 1.99. The van der Waals surface area contributed by atoms with Crippen molar-refractivity contribution in [2.45, 2.75) is 18.2 Å². The molecule has 1 aromatic rings. The van der Waals surface area contributed by atoms with Crippen molar-refractivity contribution in [3.05, 3.63) is 30.3 Å². The number of hydrogen-bond donors (Lipinski definition) is 1. The summed E-state index contributed by atoms with van der Waals surface area (Å²) in [5, 5.41) is 8.82. The van der Waals surface area contributed by atoms with Gasteiger partial charge in [0.1, 0.15) is 0 Å². The number of rotatable bonds is 5. The second-order valence-corrected chi connectivity index (χ2v) is 4.41. The first-order chi connectivity index (χ1) is 6.33. The normalized spacial score (nSPS) is 12.8. The average Bonchev–Trinajstić information content (AvgIpc) is 2.19. The van der Waals surface area contributed by atoms with Gasteiger partial charge in [-0.3, -0.25) is 0 Å². The highest BCUT2D eigenvalue weighted by atomic mass is 32.2. The molecule has 0 spiro atoms. The van der Waals surface area contributed by atoms with E-state index in [2.05, 4.69) is 31.2 Å². The maximum Gasteiger partial charge on any atom is 0.0456 e. The standard InChI is InChI=1S/C11H16OS/c1-10(9-12)7-8-13-11-5-3-2-4-6-11/h2-6,10,12H,7-9H2,1H3. The molecule has 0 aliphatic carbocycles. The van der Waals surface area contributed by atoms with E-state index in [1.165, 1.54) is 4.90 Å². The fraction of sp³-hybridized carbons (Fsp3) is 0.455. The van der Waals surface area contributed by atoms with E-state index in [1.807, 2.05) is 17.8 Å². The van der Waals surface area contributed by atoms with Crippen LogP contribution in [0.25, 0.3) is 0 Å². The molecule has 0 aliphatic heterocycles. The zero-order valence-electron chi connectivity index (χ0n) is 7.94. The first-order valence-electron chi connectivity index (χ1n) is 4.61. The van der Waals surface area contributed by atoms with Gasteiger partial charge in [0.15, 0.2) is 0 Å². The molecule has 0 aromatic heterocycles. The number of thioether (sulfide) groups is 1. The van der Waals surface area contributed by atoms with Crippen LogP contribution in [-0.4, -0.2) is 17.5 Å². The second-order valence-electron chi connectivity index (χ2n) is 3.24. The molecular weight excluding hydrogens is 180 g/mol. The Morgan fingerprint density at radius 1 is 1.31 bits per heavy atom. The van der Waals surface area contributed by atoms with Crippen molar-refractivity contribution in [1.29, 1.82) is 0 Å². The molecule has 0 saturated heterocycles. The van der Waals surface area contributed by atoms with Gasteiger partial charge in [-0.2, -0.15) is 0 Å². The summed E-state index contributed by atoms with van der Waals surface area (Å²) in [6, 6.07) is 10.4. The summed E-state index contributed by atoms with van der Waals surface area (Å²) in [4.78, 5) is 1.31. The molecule has 1 atom stereocenters. The number of hydrogen-bond acceptors (Lipinski definition) is 2. The molecule has 2 heteroatoms. The van der Waals surface area contributed by atoms with Crippen molar-refractivity contribution >= 4 is 11.8 Å². The third kappa shape index (κ3) is 4.34. The SMILES string of the molecule is CC(CO)CCSc1ccccc1. The molecule has 0 aliphatic rings. The van der Waals surface area contributed by atoms with Crippen molar-refractivity contribution in [2.75, 3.05) is 12.4 Å². The maximum atomic E-state index is 8.82. The van der Waals surface area contributed by atoms with Crippen LogP contribution >= 0.6 is 11.8 Å². The van der Waals surface area contributed by atoms with Crippen LogP contribution in [0.15, 0.2) is 35.2 Å². The van der Waals surface area contributed by atoms with Crippen LogP contribution < -0.4 is 0 Å². The van der Waals surface area contributed by atoms with Crippen molar-refractivity contribution < 1.29 is 5.11 Å². The lowest BCUT2D eigenvalue weighted by Gasteiger charge is -2.06. The van der Waals surface area contributed by atoms with Crippen molar-refractivity contribution in [3.8, 4) is 0 Å². The molecule has 72 valence electrons. The molecule has 0 saturated carbocycles. The van der Waals surface area contributed by atoms with Gasteiger partial charge >= 0.3 is 0 Å². The summed E-state index contributed by atoms with van der Waals surface area (Å²) in [5.74, 6) is 1.52. The van der Waals surface area contributed by atoms with Gasteiger partial charge < -0.3 is 5.11 Å². The Bertz CT molecular complexity index is 223. The van der Waals surface area contributed by atoms with E-state index in [1.54, 1.807) is 0 Å². The summed E-state index contributed by atoms with van der Waals surface area (Å²) in [7, 11) is 0. The summed E-state index contributed by atoms with van der Waals surface area (Å²) in [5.41, 5.74) is 0. The third-order valence-electron chi connectivity index (χ3n) is 1.93. The predicted octanol–water partition coefficient (Wildman–Crippen LogP) is 2.80. The Balaban J connectivity index is 2.20. The van der Waals surface area contributed by atoms with Gasteiger partial charge in [-0.15, -0.1) is 11.8 Å². The zero-order valence-corrected chi connectivity index (χ0v) is 8.76. The van der Waals surface area contributed by atoms with E-state index < -0.39 is 0 Å². The Morgan fingerprint density at radius 2 is 2.00 bits per heavy atom. The van der Waals surface area contributed by atoms with Gasteiger partial charge in [-0.1, -0.05) is 25.1 Å². The van der Waals surface area contributed by atoms with Crippen molar-refractivity contribution in [2.24, 2.45) is 5.92 Å². The Kier molecular flexibility index (Phi) is 4.94. The van der Waals surface area contributed by atoms with Crippen LogP contribution in [-0.2, 0) is 0 Å². The van der Waals surface area contributed by atoms with Crippen molar-refractivity contribution in [1.82, 2.24) is 0 Å². The Morgan fingerprint density at radius 3 is 2.62 bits per heavy atom. The summed E-state index contributed by atoms with van der Waals surface area (Å²) >= 11 is 1.85. The lowest BCUT2D eigenvalue weighted by Crippen LogP contribution is -2.01. The molecule has 0 heterocycles. The van der Waals surface area contributed by atoms with E-state index >= 15 is 0 Å². The zero-order chi connectivity index (χ0) is 9.52. The summed E-state index contributed by atoms with van der Waals surface area (Å²) < 4.78 is 0. The minimum atomic E-state index is 0.301. The van der Waals surface area contributed by atoms with E-state index in [0.717, 1.165) is 12.2 Å². The highest BCUT2D eigenvalue weighted by molar-refractivity contribution is 7.99. The van der Waals surface area contributed by atoms with Gasteiger partial charge in [-0.05, 0) is 30.2 Å². The second kappa shape index (κ2) is 6.06. The van der Waals surface area contributed by atoms with Gasteiger partial charge in [0.2, 0.25) is 0 Å². The highest BCUT2D eigenvalue weighted by Crippen LogP contribution is 2.19. The molecule has 1 aromatic carbocycles. The fourth-order valence-electron chi connectivity index (χ4n) is 0.986. The third-order valence-corrected chi connectivity index (χ3v) is 2.98. The molecule has 1 unspecified atom stereocenters. The molecule has 1 N–H and O–H groups in total. The molecule has 13 heavy (non-hydrogen) atoms. The molecule has 1 rings (SSSR count). The van der Waals surface area contributed by atoms with Crippen LogP contribution in [0.3, 0.4) is 0 Å². The molecule has 0 amide bonds. The Hall–Kier alpha value is -0.470. The Labute approximate surface area is 84.2 Å². The monoisotopic (exact) mass is 196 g/mol. The lowest BCUT2D eigenvalue weighted by atomic mass is 10.1. The van der Waals surface area contributed by atoms with Crippen LogP contribution in [0.5, 0.6) is 0 Å². The van der Waals surface area contributed by atoms with Gasteiger partial charge in [0.05, 0.1) is 0 Å². The summed E-state index contributed by atoms with van der Waals surface area (Å²) in [6.45, 7) is 2.38. The number of aliphatic hydroxyl groups excluding tert-OH is 1. The van der Waals surface area contributed by atoms with Crippen LogP contribution in [0.4, 0.5) is 0 Å². The van der Waals surface area contributed by atoms with Gasteiger partial charge in [-0.25, -0.2) is 0 Å². The lowest BCUT2D eigenvalue weighted by molar-refractivity contribution is 0.235. The molecule has 0 radical (unpaired) electrons. The number of aliphatic hydroxyl groups is 1. The number of benzene rings is 1. The predicted molar refractivity (Wildman–Crippen MR) is 58.0 cm³/mol. The van der Waals surface area contributed by atoms with Crippen molar-refractivity contribution in [3.63, 3.8) is 0 Å². The largest absolute Gasteiger partial charge is 0.396 e. The molecule has 1 nitrogen and oxygen atoms in total. The molecular formula is C11H16OS. The van der Waals surface area contributed by atoms with Gasteiger partial charge in [0, 0.05) is 11.5 Å². The summed E-state index contributed by atoms with van der Waals surface area (Å²) in [6.07, 6.45) is 1.08. The first kappa shape index (κ1) is 10.6. The first-order valence-corrected chi connectivity index (χ1v) is 5.60. The molecule has 0 fully saturated rings. The minimum absolute atomic E-state index is 0.301. The maximum absolute atomic E-state index is 8.82. The smallest absolute Gasteiger partial charge is 0.0456 e. The fourth-order valence-corrected chi connectivity index (χ4v) is 2.09. The van der Waals surface area contributed by atoms with E-state index in [9.17, 15) is 0 Å². The quantitative estimate of drug-likeness (QED) is 0.731. The topological polar surface area (TPSA) is 20.2 Å². The van der Waals surface area contributed by atoms with Crippen LogP contribution in [0.2, 0.25) is 0 Å². The van der Waals surface area contributed by atoms with Crippen LogP contribution in [0, 0.1) is 5.92 Å². The van der Waals surface area contributed by atoms with E-state index in [-0.39, 0.29) is 0 Å². The minimum Gasteiger partial charge on any atom is -0.396 e. The van der Waals surface area contributed by atoms with E-state index in [0.29, 0.717) is 12.5 Å². The van der Waals surface area contributed by atoms with Crippen LogP contribution in [0.1, 0.15) is 13.3 Å². The van der Waals surface area contributed by atoms with E-state index in [4.69, 9.17) is 5.11 Å². The average molecular weight is 196 g/mol. The van der Waals surface area contributed by atoms with Gasteiger partial charge in [0.25, 0.3) is 0 Å².